The van der Waals surface area contributed by atoms with Crippen molar-refractivity contribution in [2.75, 3.05) is 12.3 Å². The van der Waals surface area contributed by atoms with Gasteiger partial charge in [0.25, 0.3) is 16.0 Å². The summed E-state index contributed by atoms with van der Waals surface area (Å²) in [6.07, 6.45) is 4.77. The molecule has 0 radical (unpaired) electrons. The molecule has 1 fully saturated rings. The number of carbonyl (C=O) groups excluding carboxylic acids is 1. The molecule has 1 amide bonds. The van der Waals surface area contributed by atoms with E-state index >= 15 is 0 Å². The zero-order valence-corrected chi connectivity index (χ0v) is 24.0. The number of nitrogens with zero attached hydrogens (tertiary/aromatic N) is 1. The summed E-state index contributed by atoms with van der Waals surface area (Å²) in [6, 6.07) is 24.1. The number of nitrogens with one attached hydrogen (secondary N) is 1. The van der Waals surface area contributed by atoms with Crippen molar-refractivity contribution in [3.05, 3.63) is 84.1 Å². The lowest BCUT2D eigenvalue weighted by Crippen LogP contribution is -2.30. The van der Waals surface area contributed by atoms with Crippen LogP contribution in [-0.4, -0.2) is 41.8 Å². The van der Waals surface area contributed by atoms with Gasteiger partial charge in [0, 0.05) is 17.6 Å². The van der Waals surface area contributed by atoms with E-state index in [1.165, 1.54) is 18.4 Å². The highest BCUT2D eigenvalue weighted by molar-refractivity contribution is 7.85. The van der Waals surface area contributed by atoms with Gasteiger partial charge in [-0.3, -0.25) is 9.35 Å². The number of ether oxygens (including phenoxy) is 1. The minimum absolute atomic E-state index is 0.0645. The highest BCUT2D eigenvalue weighted by Crippen LogP contribution is 2.32. The normalized spacial score (nSPS) is 14.5. The van der Waals surface area contributed by atoms with Gasteiger partial charge < -0.3 is 14.6 Å². The van der Waals surface area contributed by atoms with Crippen LogP contribution in [-0.2, 0) is 15.5 Å². The second kappa shape index (κ2) is 11.1. The van der Waals surface area contributed by atoms with Crippen LogP contribution in [0.2, 0.25) is 0 Å². The summed E-state index contributed by atoms with van der Waals surface area (Å²) in [7, 11) is -4.19. The van der Waals surface area contributed by atoms with Crippen molar-refractivity contribution in [3.63, 3.8) is 0 Å². The Labute approximate surface area is 235 Å². The Kier molecular flexibility index (Phi) is 7.75. The van der Waals surface area contributed by atoms with E-state index in [9.17, 15) is 13.2 Å². The van der Waals surface area contributed by atoms with Gasteiger partial charge in [0.15, 0.2) is 0 Å². The summed E-state index contributed by atoms with van der Waals surface area (Å²) in [4.78, 5) is 13.2. The summed E-state index contributed by atoms with van der Waals surface area (Å²) < 4.78 is 39.4. The Bertz CT molecular complexity index is 1610. The summed E-state index contributed by atoms with van der Waals surface area (Å²) in [6.45, 7) is 6.37. The number of hydrogen-bond donors (Lipinski definition) is 2. The van der Waals surface area contributed by atoms with E-state index in [0.717, 1.165) is 46.3 Å². The van der Waals surface area contributed by atoms with Crippen LogP contribution in [0.1, 0.15) is 62.5 Å². The SMILES string of the molecule is CC(C)(C)c1ccc(-c2ccc3c(c2)cc(C(=O)NCCS(=O)(=O)O)n3-c2ccc(OC3CCCC3)cc2)cc1. The van der Waals surface area contributed by atoms with Crippen molar-refractivity contribution >= 4 is 26.9 Å². The van der Waals surface area contributed by atoms with Gasteiger partial charge in [0.1, 0.15) is 11.4 Å². The van der Waals surface area contributed by atoms with Gasteiger partial charge >= 0.3 is 0 Å². The molecular weight excluding hydrogens is 524 g/mol. The molecule has 40 heavy (non-hydrogen) atoms. The topological polar surface area (TPSA) is 97.6 Å². The first kappa shape index (κ1) is 27.9. The van der Waals surface area contributed by atoms with Gasteiger partial charge in [-0.25, -0.2) is 0 Å². The Morgan fingerprint density at radius 1 is 0.950 bits per heavy atom. The van der Waals surface area contributed by atoms with Gasteiger partial charge in [-0.15, -0.1) is 0 Å². The third-order valence-corrected chi connectivity index (χ3v) is 8.18. The minimum Gasteiger partial charge on any atom is -0.490 e. The van der Waals surface area contributed by atoms with Crippen LogP contribution < -0.4 is 10.1 Å². The molecular formula is C32H36N2O5S. The van der Waals surface area contributed by atoms with Gasteiger partial charge in [0.05, 0.1) is 17.4 Å². The zero-order valence-electron chi connectivity index (χ0n) is 23.2. The first-order valence-electron chi connectivity index (χ1n) is 13.7. The molecule has 7 nitrogen and oxygen atoms in total. The molecule has 8 heteroatoms. The van der Waals surface area contributed by atoms with Crippen LogP contribution in [0.4, 0.5) is 0 Å². The molecule has 0 atom stereocenters. The molecule has 4 aromatic rings. The standard InChI is InChI=1S/C32H36N2O5S/c1-32(2,3)25-11-8-22(9-12-25)23-10-17-29-24(20-23)21-30(31(35)33-18-19-40(36,37)38)34(29)26-13-15-28(16-14-26)39-27-6-4-5-7-27/h8-17,20-21,27H,4-7,18-19H2,1-3H3,(H,33,35)(H,36,37,38). The fourth-order valence-corrected chi connectivity index (χ4v) is 5.62. The summed E-state index contributed by atoms with van der Waals surface area (Å²) >= 11 is 0. The molecule has 0 spiro atoms. The van der Waals surface area contributed by atoms with Crippen molar-refractivity contribution in [1.29, 1.82) is 0 Å². The predicted molar refractivity (Wildman–Crippen MR) is 159 cm³/mol. The quantitative estimate of drug-likeness (QED) is 0.239. The van der Waals surface area contributed by atoms with E-state index < -0.39 is 21.8 Å². The zero-order chi connectivity index (χ0) is 28.5. The highest BCUT2D eigenvalue weighted by Gasteiger charge is 2.20. The average molecular weight is 561 g/mol. The summed E-state index contributed by atoms with van der Waals surface area (Å²) in [5, 5.41) is 3.51. The van der Waals surface area contributed by atoms with Gasteiger partial charge in [0.2, 0.25) is 0 Å². The van der Waals surface area contributed by atoms with E-state index in [-0.39, 0.29) is 18.1 Å². The maximum Gasteiger partial charge on any atom is 0.268 e. The van der Waals surface area contributed by atoms with Gasteiger partial charge in [-0.2, -0.15) is 8.42 Å². The van der Waals surface area contributed by atoms with Crippen molar-refractivity contribution < 1.29 is 22.5 Å². The lowest BCUT2D eigenvalue weighted by atomic mass is 9.86. The van der Waals surface area contributed by atoms with E-state index in [1.807, 2.05) is 47.0 Å². The maximum absolute atomic E-state index is 13.2. The largest absolute Gasteiger partial charge is 0.490 e. The number of aromatic nitrogens is 1. The second-order valence-electron chi connectivity index (χ2n) is 11.5. The smallest absolute Gasteiger partial charge is 0.268 e. The molecule has 0 aliphatic heterocycles. The van der Waals surface area contributed by atoms with Crippen molar-refractivity contribution in [2.45, 2.75) is 58.0 Å². The van der Waals surface area contributed by atoms with Gasteiger partial charge in [-0.1, -0.05) is 51.1 Å². The lowest BCUT2D eigenvalue weighted by Gasteiger charge is -2.19. The highest BCUT2D eigenvalue weighted by atomic mass is 32.2. The van der Waals surface area contributed by atoms with Crippen LogP contribution in [0.25, 0.3) is 27.7 Å². The number of fused-ring (bicyclic) bond motifs is 1. The molecule has 0 bridgehead atoms. The minimum atomic E-state index is -4.19. The molecule has 210 valence electrons. The number of benzene rings is 3. The van der Waals surface area contributed by atoms with E-state index in [0.29, 0.717) is 5.69 Å². The van der Waals surface area contributed by atoms with Crippen molar-refractivity contribution in [1.82, 2.24) is 9.88 Å². The molecule has 1 heterocycles. The summed E-state index contributed by atoms with van der Waals surface area (Å²) in [5.74, 6) is -0.185. The third kappa shape index (κ3) is 6.40. The van der Waals surface area contributed by atoms with E-state index in [4.69, 9.17) is 9.29 Å². The molecule has 0 saturated heterocycles. The lowest BCUT2D eigenvalue weighted by molar-refractivity contribution is 0.0949. The Morgan fingerprint density at radius 2 is 1.60 bits per heavy atom. The van der Waals surface area contributed by atoms with E-state index in [2.05, 4.69) is 56.4 Å². The maximum atomic E-state index is 13.2. The number of amides is 1. The van der Waals surface area contributed by atoms with Crippen LogP contribution in [0.15, 0.2) is 72.8 Å². The molecule has 1 saturated carbocycles. The third-order valence-electron chi connectivity index (χ3n) is 7.46. The second-order valence-corrected chi connectivity index (χ2v) is 13.1. The fourth-order valence-electron chi connectivity index (χ4n) is 5.26. The summed E-state index contributed by atoms with van der Waals surface area (Å²) in [5.41, 5.74) is 5.44. The molecule has 1 aromatic heterocycles. The number of rotatable bonds is 8. The monoisotopic (exact) mass is 560 g/mol. The molecule has 1 aliphatic carbocycles. The van der Waals surface area contributed by atoms with Crippen LogP contribution in [0.5, 0.6) is 5.75 Å². The first-order chi connectivity index (χ1) is 19.0. The Morgan fingerprint density at radius 3 is 2.23 bits per heavy atom. The molecule has 1 aliphatic rings. The fraction of sp³-hybridized carbons (Fsp3) is 0.344. The average Bonchev–Trinajstić information content (AvgIpc) is 3.55. The van der Waals surface area contributed by atoms with Gasteiger partial charge in [-0.05, 0) is 90.3 Å². The Hall–Kier alpha value is -3.62. The first-order valence-corrected chi connectivity index (χ1v) is 15.4. The van der Waals surface area contributed by atoms with Crippen LogP contribution in [0.3, 0.4) is 0 Å². The van der Waals surface area contributed by atoms with Crippen LogP contribution in [0, 0.1) is 0 Å². The predicted octanol–water partition coefficient (Wildman–Crippen LogP) is 6.53. The Balaban J connectivity index is 1.50. The van der Waals surface area contributed by atoms with Crippen molar-refractivity contribution in [3.8, 4) is 22.6 Å². The molecule has 2 N–H and O–H groups in total. The molecule has 5 rings (SSSR count). The van der Waals surface area contributed by atoms with Crippen molar-refractivity contribution in [2.24, 2.45) is 0 Å². The number of hydrogen-bond acceptors (Lipinski definition) is 4. The van der Waals surface area contributed by atoms with E-state index in [1.54, 1.807) is 0 Å². The van der Waals surface area contributed by atoms with Crippen LogP contribution >= 0.6 is 0 Å². The number of carbonyl (C=O) groups is 1. The molecule has 3 aromatic carbocycles. The molecule has 0 unspecified atom stereocenters.